The van der Waals surface area contributed by atoms with Crippen molar-refractivity contribution in [3.8, 4) is 0 Å². The number of rotatable bonds is 3. The van der Waals surface area contributed by atoms with Gasteiger partial charge in [0.05, 0.1) is 0 Å². The highest BCUT2D eigenvalue weighted by Gasteiger charge is 2.34. The Kier molecular flexibility index (Phi) is 4.83. The molecular weight excluding hydrogens is 222 g/mol. The monoisotopic (exact) mass is 251 g/mol. The van der Waals surface area contributed by atoms with E-state index in [4.69, 9.17) is 0 Å². The molecule has 1 heterocycles. The zero-order valence-electron chi connectivity index (χ0n) is 12.3. The summed E-state index contributed by atoms with van der Waals surface area (Å²) in [4.78, 5) is 14.8. The predicted octanol–water partition coefficient (Wildman–Crippen LogP) is 3.36. The lowest BCUT2D eigenvalue weighted by Crippen LogP contribution is -2.44. The molecule has 0 N–H and O–H groups in total. The van der Waals surface area contributed by atoms with Crippen LogP contribution in [0.3, 0.4) is 0 Å². The van der Waals surface area contributed by atoms with E-state index >= 15 is 0 Å². The SMILES string of the molecule is CCC1CCCN(CC2C(=O)CC(C)CC2C)C1. The van der Waals surface area contributed by atoms with Gasteiger partial charge in [-0.15, -0.1) is 0 Å². The second kappa shape index (κ2) is 6.18. The largest absolute Gasteiger partial charge is 0.302 e. The predicted molar refractivity (Wildman–Crippen MR) is 75.5 cm³/mol. The minimum atomic E-state index is 0.316. The molecule has 1 aliphatic carbocycles. The fourth-order valence-electron chi connectivity index (χ4n) is 3.90. The van der Waals surface area contributed by atoms with E-state index in [1.54, 1.807) is 0 Å². The van der Waals surface area contributed by atoms with Crippen LogP contribution in [0.2, 0.25) is 0 Å². The van der Waals surface area contributed by atoms with Crippen molar-refractivity contribution in [1.29, 1.82) is 0 Å². The molecule has 18 heavy (non-hydrogen) atoms. The lowest BCUT2D eigenvalue weighted by molar-refractivity contribution is -0.129. The number of piperidine rings is 1. The number of carbonyl (C=O) groups is 1. The summed E-state index contributed by atoms with van der Waals surface area (Å²) in [6.45, 7) is 10.3. The minimum absolute atomic E-state index is 0.316. The molecule has 1 saturated carbocycles. The van der Waals surface area contributed by atoms with Crippen LogP contribution in [0.4, 0.5) is 0 Å². The Morgan fingerprint density at radius 3 is 2.78 bits per heavy atom. The van der Waals surface area contributed by atoms with Crippen molar-refractivity contribution < 1.29 is 4.79 Å². The molecule has 0 radical (unpaired) electrons. The molecule has 0 bridgehead atoms. The first kappa shape index (κ1) is 14.0. The summed E-state index contributed by atoms with van der Waals surface area (Å²) in [7, 11) is 0. The zero-order valence-corrected chi connectivity index (χ0v) is 12.3. The molecule has 104 valence electrons. The summed E-state index contributed by atoms with van der Waals surface area (Å²) < 4.78 is 0. The molecule has 1 aliphatic heterocycles. The van der Waals surface area contributed by atoms with Crippen molar-refractivity contribution in [2.75, 3.05) is 19.6 Å². The highest BCUT2D eigenvalue weighted by atomic mass is 16.1. The molecular formula is C16H29NO. The van der Waals surface area contributed by atoms with Gasteiger partial charge in [-0.3, -0.25) is 4.79 Å². The summed E-state index contributed by atoms with van der Waals surface area (Å²) in [6.07, 6.45) is 6.06. The Morgan fingerprint density at radius 1 is 1.33 bits per heavy atom. The van der Waals surface area contributed by atoms with Crippen molar-refractivity contribution >= 4 is 5.78 Å². The highest BCUT2D eigenvalue weighted by molar-refractivity contribution is 5.82. The quantitative estimate of drug-likeness (QED) is 0.766. The number of Topliss-reactive ketones (excluding diaryl/α,β-unsaturated/α-hetero) is 1. The molecule has 2 nitrogen and oxygen atoms in total. The zero-order chi connectivity index (χ0) is 13.1. The van der Waals surface area contributed by atoms with Gasteiger partial charge in [0.1, 0.15) is 5.78 Å². The fourth-order valence-corrected chi connectivity index (χ4v) is 3.90. The van der Waals surface area contributed by atoms with Gasteiger partial charge in [-0.25, -0.2) is 0 Å². The van der Waals surface area contributed by atoms with Crippen molar-refractivity contribution in [1.82, 2.24) is 4.90 Å². The number of ketones is 1. The molecule has 2 fully saturated rings. The van der Waals surface area contributed by atoms with E-state index in [2.05, 4.69) is 25.7 Å². The first-order valence-corrected chi connectivity index (χ1v) is 7.85. The van der Waals surface area contributed by atoms with Crippen LogP contribution in [0, 0.1) is 23.7 Å². The summed E-state index contributed by atoms with van der Waals surface area (Å²) in [5.41, 5.74) is 0. The third-order valence-corrected chi connectivity index (χ3v) is 5.06. The Labute approximate surface area is 112 Å². The number of hydrogen-bond acceptors (Lipinski definition) is 2. The molecule has 2 heteroatoms. The summed E-state index contributed by atoms with van der Waals surface area (Å²) in [5.74, 6) is 2.90. The van der Waals surface area contributed by atoms with E-state index in [1.165, 1.54) is 38.8 Å². The maximum absolute atomic E-state index is 12.2. The first-order chi connectivity index (χ1) is 8.60. The summed E-state index contributed by atoms with van der Waals surface area (Å²) in [5, 5.41) is 0. The van der Waals surface area contributed by atoms with Crippen molar-refractivity contribution in [3.05, 3.63) is 0 Å². The fraction of sp³-hybridized carbons (Fsp3) is 0.938. The number of likely N-dealkylation sites (tertiary alicyclic amines) is 1. The average molecular weight is 251 g/mol. The molecule has 4 unspecified atom stereocenters. The van der Waals surface area contributed by atoms with Gasteiger partial charge in [-0.1, -0.05) is 27.2 Å². The van der Waals surface area contributed by atoms with Crippen molar-refractivity contribution in [2.24, 2.45) is 23.7 Å². The second-order valence-electron chi connectivity index (χ2n) is 6.77. The molecule has 2 aliphatic rings. The maximum Gasteiger partial charge on any atom is 0.137 e. The van der Waals surface area contributed by atoms with Gasteiger partial charge in [-0.05, 0) is 43.6 Å². The summed E-state index contributed by atoms with van der Waals surface area (Å²) >= 11 is 0. The topological polar surface area (TPSA) is 20.3 Å². The van der Waals surface area contributed by atoms with Gasteiger partial charge in [0.25, 0.3) is 0 Å². The molecule has 0 aromatic rings. The van der Waals surface area contributed by atoms with Gasteiger partial charge in [0.2, 0.25) is 0 Å². The number of carbonyl (C=O) groups excluding carboxylic acids is 1. The first-order valence-electron chi connectivity index (χ1n) is 7.85. The summed E-state index contributed by atoms with van der Waals surface area (Å²) in [6, 6.07) is 0. The van der Waals surface area contributed by atoms with Crippen molar-refractivity contribution in [3.63, 3.8) is 0 Å². The van der Waals surface area contributed by atoms with Crippen molar-refractivity contribution in [2.45, 2.75) is 52.9 Å². The third kappa shape index (κ3) is 3.34. The number of nitrogens with zero attached hydrogens (tertiary/aromatic N) is 1. The van der Waals surface area contributed by atoms with Crippen LogP contribution in [0.25, 0.3) is 0 Å². The van der Waals surface area contributed by atoms with Gasteiger partial charge in [0.15, 0.2) is 0 Å². The Morgan fingerprint density at radius 2 is 2.11 bits per heavy atom. The molecule has 4 atom stereocenters. The van der Waals surface area contributed by atoms with Crippen LogP contribution in [-0.2, 0) is 4.79 Å². The van der Waals surface area contributed by atoms with E-state index in [9.17, 15) is 4.79 Å². The van der Waals surface area contributed by atoms with E-state index < -0.39 is 0 Å². The van der Waals surface area contributed by atoms with Crippen LogP contribution in [-0.4, -0.2) is 30.3 Å². The Bertz CT molecular complexity index is 289. The van der Waals surface area contributed by atoms with Gasteiger partial charge < -0.3 is 4.90 Å². The highest BCUT2D eigenvalue weighted by Crippen LogP contribution is 2.32. The van der Waals surface area contributed by atoms with E-state index in [-0.39, 0.29) is 0 Å². The lowest BCUT2D eigenvalue weighted by Gasteiger charge is -2.38. The van der Waals surface area contributed by atoms with Crippen LogP contribution in [0.15, 0.2) is 0 Å². The van der Waals surface area contributed by atoms with E-state index in [0.29, 0.717) is 23.5 Å². The van der Waals surface area contributed by atoms with Gasteiger partial charge in [-0.2, -0.15) is 0 Å². The molecule has 0 aromatic heterocycles. The van der Waals surface area contributed by atoms with E-state index in [1.807, 2.05) is 0 Å². The lowest BCUT2D eigenvalue weighted by atomic mass is 9.74. The molecule has 0 amide bonds. The second-order valence-corrected chi connectivity index (χ2v) is 6.77. The van der Waals surface area contributed by atoms with Crippen LogP contribution < -0.4 is 0 Å². The maximum atomic E-state index is 12.2. The number of hydrogen-bond donors (Lipinski definition) is 0. The molecule has 0 spiro atoms. The normalized spacial score (nSPS) is 38.9. The smallest absolute Gasteiger partial charge is 0.137 e. The molecule has 2 rings (SSSR count). The van der Waals surface area contributed by atoms with Crippen LogP contribution in [0.1, 0.15) is 52.9 Å². The minimum Gasteiger partial charge on any atom is -0.302 e. The van der Waals surface area contributed by atoms with Crippen LogP contribution >= 0.6 is 0 Å². The molecule has 0 aromatic carbocycles. The Hall–Kier alpha value is -0.370. The van der Waals surface area contributed by atoms with Crippen LogP contribution in [0.5, 0.6) is 0 Å². The van der Waals surface area contributed by atoms with E-state index in [0.717, 1.165) is 18.9 Å². The standard InChI is InChI=1S/C16H29NO/c1-4-14-6-5-7-17(10-14)11-15-13(3)8-12(2)9-16(15)18/h12-15H,4-11H2,1-3H3. The van der Waals surface area contributed by atoms with Gasteiger partial charge >= 0.3 is 0 Å². The van der Waals surface area contributed by atoms with Gasteiger partial charge in [0, 0.05) is 25.4 Å². The third-order valence-electron chi connectivity index (χ3n) is 5.06. The average Bonchev–Trinajstić information content (AvgIpc) is 2.34. The Balaban J connectivity index is 1.89. The molecule has 1 saturated heterocycles.